The fraction of sp³-hybridized carbons (Fsp3) is 0.263. The molecule has 0 bridgehead atoms. The van der Waals surface area contributed by atoms with E-state index < -0.39 is 11.9 Å². The molecule has 23 heavy (non-hydrogen) atoms. The zero-order valence-electron chi connectivity index (χ0n) is 13.2. The van der Waals surface area contributed by atoms with Gasteiger partial charge < -0.3 is 10.0 Å². The van der Waals surface area contributed by atoms with E-state index in [-0.39, 0.29) is 12.5 Å². The van der Waals surface area contributed by atoms with E-state index in [0.717, 1.165) is 0 Å². The molecule has 1 unspecified atom stereocenters. The van der Waals surface area contributed by atoms with Gasteiger partial charge in [-0.2, -0.15) is 0 Å². The van der Waals surface area contributed by atoms with Gasteiger partial charge in [0.25, 0.3) is 5.91 Å². The number of anilines is 1. The summed E-state index contributed by atoms with van der Waals surface area (Å²) >= 11 is 0. The summed E-state index contributed by atoms with van der Waals surface area (Å²) in [4.78, 5) is 25.8. The van der Waals surface area contributed by atoms with Gasteiger partial charge in [-0.15, -0.1) is 0 Å². The third-order valence-corrected chi connectivity index (χ3v) is 4.34. The average molecular weight is 309 g/mol. The van der Waals surface area contributed by atoms with Crippen molar-refractivity contribution in [3.05, 3.63) is 65.2 Å². The third-order valence-electron chi connectivity index (χ3n) is 4.34. The van der Waals surface area contributed by atoms with Crippen molar-refractivity contribution in [3.63, 3.8) is 0 Å². The van der Waals surface area contributed by atoms with Crippen LogP contribution in [0.1, 0.15) is 47.2 Å². The van der Waals surface area contributed by atoms with E-state index in [2.05, 4.69) is 13.8 Å². The van der Waals surface area contributed by atoms with Crippen LogP contribution in [0.3, 0.4) is 0 Å². The topological polar surface area (TPSA) is 57.6 Å². The maximum Gasteiger partial charge on any atom is 0.312 e. The first kappa shape index (κ1) is 15.3. The van der Waals surface area contributed by atoms with Crippen LogP contribution in [0.2, 0.25) is 0 Å². The van der Waals surface area contributed by atoms with Gasteiger partial charge in [0.05, 0.1) is 0 Å². The molecule has 2 aromatic rings. The largest absolute Gasteiger partial charge is 0.481 e. The normalized spacial score (nSPS) is 16.5. The molecule has 0 saturated heterocycles. The summed E-state index contributed by atoms with van der Waals surface area (Å²) in [7, 11) is 0. The van der Waals surface area contributed by atoms with Crippen molar-refractivity contribution >= 4 is 17.6 Å². The van der Waals surface area contributed by atoms with Crippen molar-refractivity contribution in [2.24, 2.45) is 0 Å². The van der Waals surface area contributed by atoms with Gasteiger partial charge in [0.15, 0.2) is 0 Å². The number of carboxylic acid groups (broad SMARTS) is 1. The van der Waals surface area contributed by atoms with E-state index in [1.807, 2.05) is 30.3 Å². The summed E-state index contributed by atoms with van der Waals surface area (Å²) in [5.74, 6) is -1.31. The highest BCUT2D eigenvalue weighted by molar-refractivity contribution is 6.08. The molecular weight excluding hydrogens is 290 g/mol. The number of carboxylic acids is 1. The second-order valence-electron chi connectivity index (χ2n) is 6.14. The number of carbonyl (C=O) groups excluding carboxylic acids is 1. The Labute approximate surface area is 135 Å². The van der Waals surface area contributed by atoms with Crippen LogP contribution in [0.25, 0.3) is 0 Å². The summed E-state index contributed by atoms with van der Waals surface area (Å²) in [5, 5.41) is 9.39. The number of amides is 1. The number of hydrogen-bond donors (Lipinski definition) is 1. The van der Waals surface area contributed by atoms with Crippen LogP contribution < -0.4 is 4.90 Å². The first-order valence-corrected chi connectivity index (χ1v) is 7.72. The van der Waals surface area contributed by atoms with Crippen LogP contribution in [-0.4, -0.2) is 23.5 Å². The summed E-state index contributed by atoms with van der Waals surface area (Å²) in [6.07, 6.45) is 0. The van der Waals surface area contributed by atoms with Gasteiger partial charge in [-0.3, -0.25) is 9.59 Å². The number of carbonyl (C=O) groups is 2. The Morgan fingerprint density at radius 1 is 1.09 bits per heavy atom. The molecule has 2 aromatic carbocycles. The van der Waals surface area contributed by atoms with Crippen molar-refractivity contribution < 1.29 is 14.7 Å². The minimum atomic E-state index is -0.900. The number of benzene rings is 2. The average Bonchev–Trinajstić information content (AvgIpc) is 2.94. The molecule has 0 fully saturated rings. The van der Waals surface area contributed by atoms with Crippen LogP contribution in [0.4, 0.5) is 5.69 Å². The van der Waals surface area contributed by atoms with Gasteiger partial charge in [-0.05, 0) is 35.2 Å². The van der Waals surface area contributed by atoms with E-state index in [0.29, 0.717) is 22.7 Å². The number of rotatable bonds is 3. The monoisotopic (exact) mass is 309 g/mol. The molecule has 1 heterocycles. The minimum absolute atomic E-state index is 0.156. The van der Waals surface area contributed by atoms with Gasteiger partial charge >= 0.3 is 5.97 Å². The lowest BCUT2D eigenvalue weighted by Crippen LogP contribution is -2.31. The summed E-state index contributed by atoms with van der Waals surface area (Å²) in [5.41, 5.74) is 3.15. The molecule has 0 spiro atoms. The van der Waals surface area contributed by atoms with Crippen LogP contribution >= 0.6 is 0 Å². The molecular formula is C19H19NO3. The van der Waals surface area contributed by atoms with Crippen LogP contribution in [0.5, 0.6) is 0 Å². The lowest BCUT2D eigenvalue weighted by atomic mass is 10.0. The zero-order chi connectivity index (χ0) is 16.6. The highest BCUT2D eigenvalue weighted by atomic mass is 16.4. The Balaban J connectivity index is 1.93. The first-order chi connectivity index (χ1) is 11.0. The number of aliphatic carboxylic acids is 1. The number of fused-ring (bicyclic) bond motifs is 1. The number of hydrogen-bond acceptors (Lipinski definition) is 2. The zero-order valence-corrected chi connectivity index (χ0v) is 13.2. The first-order valence-electron chi connectivity index (χ1n) is 7.72. The van der Waals surface area contributed by atoms with E-state index in [9.17, 15) is 14.7 Å². The van der Waals surface area contributed by atoms with Crippen molar-refractivity contribution in [3.8, 4) is 0 Å². The molecule has 0 aliphatic carbocycles. The Morgan fingerprint density at radius 2 is 1.74 bits per heavy atom. The molecule has 1 aliphatic rings. The molecule has 0 radical (unpaired) electrons. The SMILES string of the molecule is CC(C)c1ccc(C(=O)N2CC(C(=O)O)c3ccccc32)cc1. The molecule has 0 saturated carbocycles. The Kier molecular flexibility index (Phi) is 3.90. The lowest BCUT2D eigenvalue weighted by molar-refractivity contribution is -0.138. The number of para-hydroxylation sites is 1. The summed E-state index contributed by atoms with van der Waals surface area (Å²) in [6.45, 7) is 4.38. The summed E-state index contributed by atoms with van der Waals surface area (Å²) < 4.78 is 0. The van der Waals surface area contributed by atoms with Crippen molar-refractivity contribution in [2.45, 2.75) is 25.7 Å². The smallest absolute Gasteiger partial charge is 0.312 e. The fourth-order valence-corrected chi connectivity index (χ4v) is 2.98. The molecule has 1 atom stereocenters. The predicted molar refractivity (Wildman–Crippen MR) is 89.0 cm³/mol. The Bertz CT molecular complexity index is 749. The molecule has 0 aromatic heterocycles. The lowest BCUT2D eigenvalue weighted by Gasteiger charge is -2.18. The Morgan fingerprint density at radius 3 is 2.35 bits per heavy atom. The quantitative estimate of drug-likeness (QED) is 0.941. The van der Waals surface area contributed by atoms with Crippen molar-refractivity contribution in [2.75, 3.05) is 11.4 Å². The second kappa shape index (κ2) is 5.88. The van der Waals surface area contributed by atoms with Crippen LogP contribution in [0, 0.1) is 0 Å². The van der Waals surface area contributed by atoms with E-state index >= 15 is 0 Å². The van der Waals surface area contributed by atoms with Gasteiger partial charge in [0.1, 0.15) is 5.92 Å². The van der Waals surface area contributed by atoms with Crippen LogP contribution in [-0.2, 0) is 4.79 Å². The molecule has 1 amide bonds. The van der Waals surface area contributed by atoms with E-state index in [1.165, 1.54) is 5.56 Å². The molecule has 3 rings (SSSR count). The van der Waals surface area contributed by atoms with Gasteiger partial charge in [-0.1, -0.05) is 44.2 Å². The maximum atomic E-state index is 12.8. The molecule has 118 valence electrons. The van der Waals surface area contributed by atoms with Gasteiger partial charge in [0, 0.05) is 17.8 Å². The summed E-state index contributed by atoms with van der Waals surface area (Å²) in [6, 6.07) is 14.7. The highest BCUT2D eigenvalue weighted by Crippen LogP contribution is 2.37. The van der Waals surface area contributed by atoms with Gasteiger partial charge in [-0.25, -0.2) is 0 Å². The number of nitrogens with zero attached hydrogens (tertiary/aromatic N) is 1. The highest BCUT2D eigenvalue weighted by Gasteiger charge is 2.36. The third kappa shape index (κ3) is 2.72. The van der Waals surface area contributed by atoms with E-state index in [4.69, 9.17) is 0 Å². The molecule has 4 heteroatoms. The van der Waals surface area contributed by atoms with Crippen molar-refractivity contribution in [1.82, 2.24) is 0 Å². The minimum Gasteiger partial charge on any atom is -0.481 e. The molecule has 1 N–H and O–H groups in total. The fourth-order valence-electron chi connectivity index (χ4n) is 2.98. The van der Waals surface area contributed by atoms with Crippen molar-refractivity contribution in [1.29, 1.82) is 0 Å². The van der Waals surface area contributed by atoms with E-state index in [1.54, 1.807) is 23.1 Å². The van der Waals surface area contributed by atoms with Crippen LogP contribution in [0.15, 0.2) is 48.5 Å². The molecule has 4 nitrogen and oxygen atoms in total. The maximum absolute atomic E-state index is 12.8. The predicted octanol–water partition coefficient (Wildman–Crippen LogP) is 3.64. The standard InChI is InChI=1S/C19H19NO3/c1-12(2)13-7-9-14(10-8-13)18(21)20-11-16(19(22)23)15-5-3-4-6-17(15)20/h3-10,12,16H,11H2,1-2H3,(H,22,23). The Hall–Kier alpha value is -2.62. The van der Waals surface area contributed by atoms with Gasteiger partial charge in [0.2, 0.25) is 0 Å². The molecule has 1 aliphatic heterocycles. The second-order valence-corrected chi connectivity index (χ2v) is 6.14.